The van der Waals surface area contributed by atoms with Crippen LogP contribution in [0.3, 0.4) is 0 Å². The number of halogens is 1. The normalized spacial score (nSPS) is 11.6. The third kappa shape index (κ3) is 3.19. The molecule has 0 aromatic heterocycles. The van der Waals surface area contributed by atoms with Crippen LogP contribution in [0.4, 0.5) is 4.39 Å². The molecule has 0 amide bonds. The van der Waals surface area contributed by atoms with Crippen LogP contribution < -0.4 is 14.2 Å². The summed E-state index contributed by atoms with van der Waals surface area (Å²) in [4.78, 5) is 11.6. The highest BCUT2D eigenvalue weighted by Crippen LogP contribution is 2.35. The van der Waals surface area contributed by atoms with Crippen molar-refractivity contribution in [3.63, 3.8) is 0 Å². The second-order valence-electron chi connectivity index (χ2n) is 4.65. The summed E-state index contributed by atoms with van der Waals surface area (Å²) in [6, 6.07) is 9.34. The Hall–Kier alpha value is -2.56. The summed E-state index contributed by atoms with van der Waals surface area (Å²) >= 11 is 0. The van der Waals surface area contributed by atoms with Crippen molar-refractivity contribution in [3.05, 3.63) is 53.3 Å². The number of hydrogen-bond donors (Lipinski definition) is 0. The lowest BCUT2D eigenvalue weighted by Gasteiger charge is -2.17. The fourth-order valence-electron chi connectivity index (χ4n) is 2.30. The Morgan fingerprint density at radius 2 is 1.68 bits per heavy atom. The molecule has 5 heteroatoms. The van der Waals surface area contributed by atoms with E-state index in [2.05, 4.69) is 0 Å². The number of benzene rings is 2. The summed E-state index contributed by atoms with van der Waals surface area (Å²) in [5, 5.41) is 0. The van der Waals surface area contributed by atoms with E-state index < -0.39 is 11.7 Å². The monoisotopic (exact) mass is 304 g/mol. The van der Waals surface area contributed by atoms with Gasteiger partial charge in [0, 0.05) is 11.6 Å². The van der Waals surface area contributed by atoms with Gasteiger partial charge in [-0.15, -0.1) is 0 Å². The highest BCUT2D eigenvalue weighted by molar-refractivity contribution is 5.71. The van der Waals surface area contributed by atoms with E-state index in [1.807, 2.05) is 0 Å². The molecule has 2 aromatic rings. The van der Waals surface area contributed by atoms with E-state index in [9.17, 15) is 9.18 Å². The molecule has 1 unspecified atom stereocenters. The van der Waals surface area contributed by atoms with Gasteiger partial charge in [-0.05, 0) is 35.9 Å². The lowest BCUT2D eigenvalue weighted by Crippen LogP contribution is -2.06. The Labute approximate surface area is 128 Å². The van der Waals surface area contributed by atoms with E-state index in [1.165, 1.54) is 33.5 Å². The maximum Gasteiger partial charge on any atom is 0.132 e. The Kier molecular flexibility index (Phi) is 4.99. The van der Waals surface area contributed by atoms with Gasteiger partial charge in [0.15, 0.2) is 0 Å². The van der Waals surface area contributed by atoms with E-state index in [4.69, 9.17) is 14.2 Å². The number of methoxy groups -OCH3 is 3. The Bertz CT molecular complexity index is 670. The molecule has 0 spiro atoms. The largest absolute Gasteiger partial charge is 0.497 e. The number of hydrogen-bond acceptors (Lipinski definition) is 4. The lowest BCUT2D eigenvalue weighted by molar-refractivity contribution is -0.108. The molecule has 0 fully saturated rings. The average Bonchev–Trinajstić information content (AvgIpc) is 2.54. The Balaban J connectivity index is 2.56. The van der Waals surface area contributed by atoms with Crippen molar-refractivity contribution < 1.29 is 23.4 Å². The third-order valence-corrected chi connectivity index (χ3v) is 3.40. The van der Waals surface area contributed by atoms with Crippen LogP contribution in [0.5, 0.6) is 17.2 Å². The number of carbonyl (C=O) groups excluding carboxylic acids is 1. The molecular formula is C17H17FO4. The highest BCUT2D eigenvalue weighted by atomic mass is 19.1. The quantitative estimate of drug-likeness (QED) is 0.769. The first-order chi connectivity index (χ1) is 10.6. The van der Waals surface area contributed by atoms with Crippen LogP contribution in [0, 0.1) is 5.82 Å². The molecule has 2 rings (SSSR count). The number of ether oxygens (including phenoxy) is 3. The second kappa shape index (κ2) is 6.93. The fourth-order valence-corrected chi connectivity index (χ4v) is 2.30. The van der Waals surface area contributed by atoms with Crippen molar-refractivity contribution in [1.29, 1.82) is 0 Å². The first-order valence-corrected chi connectivity index (χ1v) is 6.64. The van der Waals surface area contributed by atoms with E-state index in [-0.39, 0.29) is 0 Å². The summed E-state index contributed by atoms with van der Waals surface area (Å²) in [6.07, 6.45) is 0.742. The molecule has 0 heterocycles. The predicted octanol–water partition coefficient (Wildman–Crippen LogP) is 3.18. The first kappa shape index (κ1) is 15.8. The Morgan fingerprint density at radius 3 is 2.27 bits per heavy atom. The minimum atomic E-state index is -0.686. The highest BCUT2D eigenvalue weighted by Gasteiger charge is 2.20. The molecule has 1 atom stereocenters. The molecular weight excluding hydrogens is 287 g/mol. The van der Waals surface area contributed by atoms with Crippen LogP contribution in [-0.2, 0) is 4.79 Å². The molecule has 0 aliphatic carbocycles. The van der Waals surface area contributed by atoms with Gasteiger partial charge in [0.25, 0.3) is 0 Å². The average molecular weight is 304 g/mol. The Morgan fingerprint density at radius 1 is 0.955 bits per heavy atom. The van der Waals surface area contributed by atoms with Crippen LogP contribution in [0.2, 0.25) is 0 Å². The SMILES string of the molecule is COc1cc(F)cc(C(C=O)c2cc(OC)ccc2OC)c1. The van der Waals surface area contributed by atoms with Gasteiger partial charge in [0.2, 0.25) is 0 Å². The van der Waals surface area contributed by atoms with Gasteiger partial charge in [0.1, 0.15) is 29.4 Å². The van der Waals surface area contributed by atoms with Crippen molar-refractivity contribution in [2.75, 3.05) is 21.3 Å². The van der Waals surface area contributed by atoms with E-state index in [0.717, 1.165) is 6.29 Å². The van der Waals surface area contributed by atoms with Crippen LogP contribution in [0.25, 0.3) is 0 Å². The molecule has 0 N–H and O–H groups in total. The molecule has 0 saturated carbocycles. The summed E-state index contributed by atoms with van der Waals surface area (Å²) in [5.41, 5.74) is 1.09. The van der Waals surface area contributed by atoms with Crippen molar-refractivity contribution in [2.45, 2.75) is 5.92 Å². The maximum absolute atomic E-state index is 13.7. The molecule has 0 bridgehead atoms. The van der Waals surface area contributed by atoms with Crippen LogP contribution in [-0.4, -0.2) is 27.6 Å². The molecule has 0 radical (unpaired) electrons. The van der Waals surface area contributed by atoms with Crippen molar-refractivity contribution in [1.82, 2.24) is 0 Å². The first-order valence-electron chi connectivity index (χ1n) is 6.64. The van der Waals surface area contributed by atoms with Crippen LogP contribution in [0.15, 0.2) is 36.4 Å². The standard InChI is InChI=1S/C17H17FO4/c1-20-13-4-5-17(22-3)15(9-13)16(10-19)11-6-12(18)8-14(7-11)21-2/h4-10,16H,1-3H3. The summed E-state index contributed by atoms with van der Waals surface area (Å²) in [5.74, 6) is 0.313. The summed E-state index contributed by atoms with van der Waals surface area (Å²) < 4.78 is 29.2. The van der Waals surface area contributed by atoms with E-state index in [0.29, 0.717) is 28.4 Å². The molecule has 4 nitrogen and oxygen atoms in total. The van der Waals surface area contributed by atoms with Crippen LogP contribution >= 0.6 is 0 Å². The van der Waals surface area contributed by atoms with Crippen molar-refractivity contribution in [2.24, 2.45) is 0 Å². The summed E-state index contributed by atoms with van der Waals surface area (Å²) in [7, 11) is 4.49. The molecule has 0 aliphatic heterocycles. The lowest BCUT2D eigenvalue weighted by atomic mass is 9.91. The van der Waals surface area contributed by atoms with Crippen molar-refractivity contribution in [3.8, 4) is 17.2 Å². The molecule has 116 valence electrons. The number of rotatable bonds is 6. The maximum atomic E-state index is 13.7. The van der Waals surface area contributed by atoms with Gasteiger partial charge in [-0.2, -0.15) is 0 Å². The second-order valence-corrected chi connectivity index (χ2v) is 4.65. The third-order valence-electron chi connectivity index (χ3n) is 3.40. The van der Waals surface area contributed by atoms with Gasteiger partial charge in [-0.3, -0.25) is 0 Å². The topological polar surface area (TPSA) is 44.8 Å². The van der Waals surface area contributed by atoms with Crippen LogP contribution in [0.1, 0.15) is 17.0 Å². The zero-order valence-electron chi connectivity index (χ0n) is 12.6. The minimum absolute atomic E-state index is 0.351. The van der Waals surface area contributed by atoms with Gasteiger partial charge in [-0.25, -0.2) is 4.39 Å². The van der Waals surface area contributed by atoms with Gasteiger partial charge < -0.3 is 19.0 Å². The van der Waals surface area contributed by atoms with Crippen molar-refractivity contribution >= 4 is 6.29 Å². The van der Waals surface area contributed by atoms with E-state index >= 15 is 0 Å². The summed E-state index contributed by atoms with van der Waals surface area (Å²) in [6.45, 7) is 0. The predicted molar refractivity (Wildman–Crippen MR) is 80.4 cm³/mol. The number of aldehydes is 1. The smallest absolute Gasteiger partial charge is 0.132 e. The van der Waals surface area contributed by atoms with Gasteiger partial charge in [0.05, 0.1) is 27.2 Å². The minimum Gasteiger partial charge on any atom is -0.497 e. The zero-order chi connectivity index (χ0) is 16.1. The van der Waals surface area contributed by atoms with Gasteiger partial charge in [-0.1, -0.05) is 0 Å². The molecule has 22 heavy (non-hydrogen) atoms. The fraction of sp³-hybridized carbons (Fsp3) is 0.235. The zero-order valence-corrected chi connectivity index (χ0v) is 12.6. The molecule has 0 aliphatic rings. The molecule has 0 saturated heterocycles. The van der Waals surface area contributed by atoms with E-state index in [1.54, 1.807) is 24.3 Å². The number of carbonyl (C=O) groups is 1. The molecule has 2 aromatic carbocycles. The van der Waals surface area contributed by atoms with Gasteiger partial charge >= 0.3 is 0 Å².